The molecule has 0 bridgehead atoms. The number of fused-ring (bicyclic) bond motifs is 1. The Morgan fingerprint density at radius 3 is 2.31 bits per heavy atom. The molecule has 2 aliphatic rings. The van der Waals surface area contributed by atoms with Gasteiger partial charge in [-0.3, -0.25) is 14.4 Å². The predicted molar refractivity (Wildman–Crippen MR) is 121 cm³/mol. The third-order valence-electron chi connectivity index (χ3n) is 6.18. The normalized spacial score (nSPS) is 22.4. The summed E-state index contributed by atoms with van der Waals surface area (Å²) in [6, 6.07) is 22.3. The minimum absolute atomic E-state index is 0.267. The van der Waals surface area contributed by atoms with Crippen LogP contribution in [0.3, 0.4) is 0 Å². The van der Waals surface area contributed by atoms with Gasteiger partial charge in [-0.1, -0.05) is 48.0 Å². The maximum atomic E-state index is 13.7. The molecular weight excluding hydrogens is 404 g/mol. The van der Waals surface area contributed by atoms with Crippen molar-refractivity contribution in [2.24, 2.45) is 5.92 Å². The van der Waals surface area contributed by atoms with Crippen LogP contribution in [-0.2, 0) is 14.4 Å². The topological polar surface area (TPSA) is 59.1 Å². The molecule has 6 nitrogen and oxygen atoms in total. The van der Waals surface area contributed by atoms with E-state index in [1.54, 1.807) is 36.4 Å². The summed E-state index contributed by atoms with van der Waals surface area (Å²) >= 11 is 0. The molecule has 0 aliphatic carbocycles. The third kappa shape index (κ3) is 3.15. The van der Waals surface area contributed by atoms with Crippen LogP contribution in [0.1, 0.15) is 22.7 Å². The Morgan fingerprint density at radius 1 is 0.844 bits per heavy atom. The lowest BCUT2D eigenvalue weighted by molar-refractivity contribution is -0.126. The number of hydrogen-bond acceptors (Lipinski definition) is 5. The van der Waals surface area contributed by atoms with Crippen LogP contribution in [0.25, 0.3) is 0 Å². The number of anilines is 2. The lowest BCUT2D eigenvalue weighted by atomic mass is 9.87. The second-order valence-corrected chi connectivity index (χ2v) is 8.23. The van der Waals surface area contributed by atoms with Crippen molar-refractivity contribution in [3.63, 3.8) is 0 Å². The monoisotopic (exact) mass is 428 g/mol. The van der Waals surface area contributed by atoms with Gasteiger partial charge in [-0.2, -0.15) is 0 Å². The number of imide groups is 1. The van der Waals surface area contributed by atoms with Gasteiger partial charge < -0.3 is 4.74 Å². The minimum Gasteiger partial charge on any atom is -0.497 e. The van der Waals surface area contributed by atoms with Gasteiger partial charge in [0, 0.05) is 6.07 Å². The first-order chi connectivity index (χ1) is 15.5. The molecule has 0 aromatic heterocycles. The van der Waals surface area contributed by atoms with Gasteiger partial charge in [0.15, 0.2) is 6.10 Å². The molecule has 5 rings (SSSR count). The van der Waals surface area contributed by atoms with Crippen LogP contribution in [0.5, 0.6) is 5.75 Å². The molecular formula is C26H24N2O4. The Balaban J connectivity index is 1.60. The SMILES string of the molecule is COc1cccc(N2C(=O)[C@H]3[C@H](ON(c4ccccc4)[C@@H]3c3ccc(C)cc3C)C2=O)c1. The number of hydrogen-bond donors (Lipinski definition) is 0. The molecule has 6 heteroatoms. The van der Waals surface area contributed by atoms with Crippen molar-refractivity contribution in [1.29, 1.82) is 0 Å². The van der Waals surface area contributed by atoms with Gasteiger partial charge in [0.05, 0.1) is 24.5 Å². The first-order valence-electron chi connectivity index (χ1n) is 10.6. The van der Waals surface area contributed by atoms with Crippen LogP contribution in [0.4, 0.5) is 11.4 Å². The van der Waals surface area contributed by atoms with E-state index in [-0.39, 0.29) is 11.8 Å². The van der Waals surface area contributed by atoms with E-state index in [0.29, 0.717) is 11.4 Å². The number of rotatable bonds is 4. The molecule has 0 radical (unpaired) electrons. The summed E-state index contributed by atoms with van der Waals surface area (Å²) in [5, 5.41) is 1.73. The van der Waals surface area contributed by atoms with Crippen LogP contribution in [0.15, 0.2) is 72.8 Å². The number of hydroxylamine groups is 1. The first kappa shape index (κ1) is 20.3. The number of methoxy groups -OCH3 is 1. The Labute approximate surface area is 186 Å². The van der Waals surface area contributed by atoms with Crippen molar-refractivity contribution < 1.29 is 19.2 Å². The standard InChI is InChI=1S/C26H24N2O4/c1-16-12-13-21(17(2)14-16)23-22-24(32-28(23)18-8-5-4-6-9-18)26(30)27(25(22)29)19-10-7-11-20(15-19)31-3/h4-15,22-24H,1-3H3/t22-,23-,24+/m1/s1. The third-order valence-corrected chi connectivity index (χ3v) is 6.18. The zero-order valence-corrected chi connectivity index (χ0v) is 18.2. The van der Waals surface area contributed by atoms with E-state index in [1.807, 2.05) is 56.3 Å². The second-order valence-electron chi connectivity index (χ2n) is 8.23. The van der Waals surface area contributed by atoms with Crippen LogP contribution < -0.4 is 14.7 Å². The predicted octanol–water partition coefficient (Wildman–Crippen LogP) is 4.36. The van der Waals surface area contributed by atoms with Gasteiger partial charge in [-0.05, 0) is 49.2 Å². The molecule has 0 spiro atoms. The zero-order valence-electron chi connectivity index (χ0n) is 18.2. The maximum absolute atomic E-state index is 13.7. The number of para-hydroxylation sites is 1. The summed E-state index contributed by atoms with van der Waals surface area (Å²) in [4.78, 5) is 34.5. The molecule has 2 aliphatic heterocycles. The Bertz CT molecular complexity index is 1190. The molecule has 162 valence electrons. The molecule has 2 amide bonds. The minimum atomic E-state index is -0.889. The zero-order chi connectivity index (χ0) is 22.4. The van der Waals surface area contributed by atoms with Gasteiger partial charge in [0.2, 0.25) is 5.91 Å². The highest BCUT2D eigenvalue weighted by molar-refractivity contribution is 6.24. The van der Waals surface area contributed by atoms with Gasteiger partial charge in [0.1, 0.15) is 11.7 Å². The van der Waals surface area contributed by atoms with Crippen LogP contribution in [0, 0.1) is 19.8 Å². The highest BCUT2D eigenvalue weighted by Crippen LogP contribution is 2.48. The van der Waals surface area contributed by atoms with Gasteiger partial charge in [-0.15, -0.1) is 0 Å². The number of nitrogens with zero attached hydrogens (tertiary/aromatic N) is 2. The molecule has 32 heavy (non-hydrogen) atoms. The van der Waals surface area contributed by atoms with Gasteiger partial charge >= 0.3 is 0 Å². The van der Waals surface area contributed by atoms with Crippen LogP contribution in [0.2, 0.25) is 0 Å². The smallest absolute Gasteiger partial charge is 0.266 e. The average molecular weight is 428 g/mol. The van der Waals surface area contributed by atoms with Crippen LogP contribution >= 0.6 is 0 Å². The number of carbonyl (C=O) groups is 2. The fourth-order valence-corrected chi connectivity index (χ4v) is 4.69. The van der Waals surface area contributed by atoms with Crippen molar-refractivity contribution in [2.45, 2.75) is 26.0 Å². The molecule has 3 aromatic carbocycles. The number of benzene rings is 3. The Hall–Kier alpha value is -3.64. The average Bonchev–Trinajstić information content (AvgIpc) is 3.30. The molecule has 0 saturated carbocycles. The van der Waals surface area contributed by atoms with E-state index in [4.69, 9.17) is 9.57 Å². The van der Waals surface area contributed by atoms with E-state index < -0.39 is 18.1 Å². The van der Waals surface area contributed by atoms with E-state index in [2.05, 4.69) is 6.07 Å². The summed E-state index contributed by atoms with van der Waals surface area (Å²) in [5.41, 5.74) is 4.46. The van der Waals surface area contributed by atoms with Crippen molar-refractivity contribution in [1.82, 2.24) is 0 Å². The fraction of sp³-hybridized carbons (Fsp3) is 0.231. The lowest BCUT2D eigenvalue weighted by Crippen LogP contribution is -2.37. The highest BCUT2D eigenvalue weighted by Gasteiger charge is 2.60. The maximum Gasteiger partial charge on any atom is 0.266 e. The number of ether oxygens (including phenoxy) is 1. The summed E-state index contributed by atoms with van der Waals surface area (Å²) in [5.74, 6) is -0.702. The van der Waals surface area contributed by atoms with E-state index in [0.717, 1.165) is 22.4 Å². The number of carbonyl (C=O) groups excluding carboxylic acids is 2. The van der Waals surface area contributed by atoms with E-state index in [9.17, 15) is 9.59 Å². The molecule has 3 atom stereocenters. The molecule has 2 heterocycles. The van der Waals surface area contributed by atoms with Crippen molar-refractivity contribution in [3.05, 3.63) is 89.5 Å². The highest BCUT2D eigenvalue weighted by atomic mass is 16.7. The summed E-state index contributed by atoms with van der Waals surface area (Å²) in [6.45, 7) is 4.06. The Kier molecular flexibility index (Phi) is 4.94. The molecule has 2 fully saturated rings. The van der Waals surface area contributed by atoms with E-state index in [1.165, 1.54) is 4.90 Å². The molecule has 3 aromatic rings. The molecule has 0 N–H and O–H groups in total. The number of amides is 2. The van der Waals surface area contributed by atoms with Crippen molar-refractivity contribution in [3.8, 4) is 5.75 Å². The quantitative estimate of drug-likeness (QED) is 0.578. The number of aryl methyl sites for hydroxylation is 2. The lowest BCUT2D eigenvalue weighted by Gasteiger charge is -2.29. The van der Waals surface area contributed by atoms with E-state index >= 15 is 0 Å². The Morgan fingerprint density at radius 2 is 1.59 bits per heavy atom. The van der Waals surface area contributed by atoms with Gasteiger partial charge in [0.25, 0.3) is 5.91 Å². The molecule has 2 saturated heterocycles. The van der Waals surface area contributed by atoms with Crippen molar-refractivity contribution >= 4 is 23.2 Å². The largest absolute Gasteiger partial charge is 0.497 e. The molecule has 0 unspecified atom stereocenters. The van der Waals surface area contributed by atoms with Gasteiger partial charge in [-0.25, -0.2) is 9.96 Å². The first-order valence-corrected chi connectivity index (χ1v) is 10.6. The summed E-state index contributed by atoms with van der Waals surface area (Å²) < 4.78 is 5.28. The fourth-order valence-electron chi connectivity index (χ4n) is 4.69. The summed E-state index contributed by atoms with van der Waals surface area (Å²) in [6.07, 6.45) is -0.889. The summed E-state index contributed by atoms with van der Waals surface area (Å²) in [7, 11) is 1.55. The van der Waals surface area contributed by atoms with Crippen molar-refractivity contribution in [2.75, 3.05) is 17.1 Å². The second kappa shape index (κ2) is 7.80. The van der Waals surface area contributed by atoms with Crippen LogP contribution in [-0.4, -0.2) is 25.0 Å².